The minimum absolute atomic E-state index is 0.267. The molecule has 0 atom stereocenters. The van der Waals surface area contributed by atoms with Gasteiger partial charge in [-0.3, -0.25) is 0 Å². The molecule has 2 aromatic heterocycles. The van der Waals surface area contributed by atoms with Crippen LogP contribution < -0.4 is 5.32 Å². The molecule has 4 rings (SSSR count). The lowest BCUT2D eigenvalue weighted by Crippen LogP contribution is -1.92. The molecule has 0 aliphatic carbocycles. The molecule has 7 heteroatoms. The molecule has 0 fully saturated rings. The van der Waals surface area contributed by atoms with Crippen molar-refractivity contribution < 1.29 is 0 Å². The number of H-pyrrole nitrogens is 1. The highest BCUT2D eigenvalue weighted by Gasteiger charge is 2.07. The van der Waals surface area contributed by atoms with Crippen LogP contribution in [-0.2, 0) is 0 Å². The number of tetrazole rings is 1. The van der Waals surface area contributed by atoms with Crippen molar-refractivity contribution >= 4 is 42.8 Å². The Kier molecular flexibility index (Phi) is 3.22. The molecular weight excluding hydrogens is 308 g/mol. The molecule has 0 spiro atoms. The largest absolute Gasteiger partial charge is 0.360 e. The van der Waals surface area contributed by atoms with Gasteiger partial charge in [0.1, 0.15) is 11.6 Å². The van der Waals surface area contributed by atoms with E-state index in [1.54, 1.807) is 17.5 Å². The number of nitrogens with one attached hydrogen (secondary N) is 2. The molecule has 110 valence electrons. The maximum atomic E-state index is 9.16. The lowest BCUT2D eigenvalue weighted by atomic mass is 10.1. The van der Waals surface area contributed by atoms with Crippen molar-refractivity contribution in [2.75, 3.05) is 5.32 Å². The van der Waals surface area contributed by atoms with Crippen molar-refractivity contribution in [1.82, 2.24) is 20.6 Å². The van der Waals surface area contributed by atoms with Crippen LogP contribution in [0.4, 0.5) is 5.69 Å². The molecule has 0 aliphatic rings. The van der Waals surface area contributed by atoms with E-state index in [1.807, 2.05) is 24.3 Å². The van der Waals surface area contributed by atoms with Crippen LogP contribution in [0.5, 0.6) is 0 Å². The first-order valence-electron chi connectivity index (χ1n) is 6.87. The zero-order chi connectivity index (χ0) is 15.6. The average molecular weight is 318 g/mol. The fourth-order valence-electron chi connectivity index (χ4n) is 2.39. The van der Waals surface area contributed by atoms with Gasteiger partial charge in [0.15, 0.2) is 0 Å². The maximum absolute atomic E-state index is 9.16. The van der Waals surface area contributed by atoms with E-state index in [-0.39, 0.29) is 5.82 Å². The van der Waals surface area contributed by atoms with Gasteiger partial charge in [-0.15, -0.1) is 21.5 Å². The Morgan fingerprint density at radius 2 is 2.04 bits per heavy atom. The number of aromatic amines is 1. The van der Waals surface area contributed by atoms with Gasteiger partial charge in [-0.1, -0.05) is 24.3 Å². The number of hydrogen-bond donors (Lipinski definition) is 2. The number of nitrogens with zero attached hydrogens (tertiary/aromatic N) is 4. The quantitative estimate of drug-likeness (QED) is 0.564. The Bertz CT molecular complexity index is 1060. The molecule has 0 saturated carbocycles. The van der Waals surface area contributed by atoms with Crippen molar-refractivity contribution in [1.29, 1.82) is 5.26 Å². The Hall–Kier alpha value is -3.24. The van der Waals surface area contributed by atoms with Crippen molar-refractivity contribution in [3.05, 3.63) is 54.5 Å². The fourth-order valence-corrected chi connectivity index (χ4v) is 3.54. The van der Waals surface area contributed by atoms with E-state index in [2.05, 4.69) is 50.2 Å². The van der Waals surface area contributed by atoms with Crippen LogP contribution in [0.15, 0.2) is 48.7 Å². The molecule has 2 heterocycles. The summed E-state index contributed by atoms with van der Waals surface area (Å²) in [6.45, 7) is 0. The van der Waals surface area contributed by atoms with Crippen LogP contribution in [0.3, 0.4) is 0 Å². The van der Waals surface area contributed by atoms with E-state index in [0.717, 1.165) is 5.69 Å². The second-order valence-electron chi connectivity index (χ2n) is 4.86. The maximum Gasteiger partial charge on any atom is 0.216 e. The molecular formula is C16H10N6S. The zero-order valence-electron chi connectivity index (χ0n) is 11.8. The Morgan fingerprint density at radius 1 is 1.17 bits per heavy atom. The molecule has 0 saturated heterocycles. The van der Waals surface area contributed by atoms with Crippen LogP contribution in [0.1, 0.15) is 5.82 Å². The van der Waals surface area contributed by atoms with Crippen molar-refractivity contribution in [3.8, 4) is 6.07 Å². The van der Waals surface area contributed by atoms with Gasteiger partial charge in [0, 0.05) is 32.1 Å². The van der Waals surface area contributed by atoms with Gasteiger partial charge in [0.2, 0.25) is 5.82 Å². The summed E-state index contributed by atoms with van der Waals surface area (Å²) in [5.74, 6) is 0.267. The van der Waals surface area contributed by atoms with Crippen LogP contribution in [0, 0.1) is 11.3 Å². The fraction of sp³-hybridized carbons (Fsp3) is 0. The van der Waals surface area contributed by atoms with Crippen LogP contribution in [0.2, 0.25) is 0 Å². The summed E-state index contributed by atoms with van der Waals surface area (Å²) < 4.78 is 2.46. The molecule has 23 heavy (non-hydrogen) atoms. The lowest BCUT2D eigenvalue weighted by Gasteiger charge is -2.01. The van der Waals surface area contributed by atoms with Gasteiger partial charge in [-0.25, -0.2) is 0 Å². The number of thiophene rings is 1. The SMILES string of the molecule is N#CC(=CNc1ccc2c(c1)sc1ccccc12)c1nn[nH]n1. The van der Waals surface area contributed by atoms with E-state index in [1.165, 1.54) is 20.2 Å². The normalized spacial score (nSPS) is 11.7. The van der Waals surface area contributed by atoms with E-state index in [0.29, 0.717) is 5.57 Å². The standard InChI is InChI=1S/C16H10N6S/c17-8-10(16-19-21-22-20-16)9-18-11-5-6-13-12-3-1-2-4-14(12)23-15(13)7-11/h1-7,9,18H,(H,19,20,21,22). The summed E-state index contributed by atoms with van der Waals surface area (Å²) in [5, 5.41) is 28.2. The van der Waals surface area contributed by atoms with Crippen LogP contribution in [-0.4, -0.2) is 20.6 Å². The molecule has 0 aliphatic heterocycles. The second kappa shape index (κ2) is 5.51. The number of benzene rings is 2. The van der Waals surface area contributed by atoms with Gasteiger partial charge in [0.05, 0.1) is 0 Å². The van der Waals surface area contributed by atoms with Crippen molar-refractivity contribution in [3.63, 3.8) is 0 Å². The molecule has 4 aromatic rings. The first-order valence-corrected chi connectivity index (χ1v) is 7.69. The number of aromatic nitrogens is 4. The lowest BCUT2D eigenvalue weighted by molar-refractivity contribution is 0.881. The van der Waals surface area contributed by atoms with E-state index >= 15 is 0 Å². The number of nitriles is 1. The van der Waals surface area contributed by atoms with Crippen LogP contribution in [0.25, 0.3) is 25.7 Å². The minimum atomic E-state index is 0.267. The summed E-state index contributed by atoms with van der Waals surface area (Å²) in [6, 6.07) is 16.5. The van der Waals surface area contributed by atoms with Gasteiger partial charge in [0.25, 0.3) is 0 Å². The number of allylic oxidation sites excluding steroid dienone is 1. The van der Waals surface area contributed by atoms with E-state index < -0.39 is 0 Å². The molecule has 6 nitrogen and oxygen atoms in total. The number of rotatable bonds is 3. The summed E-state index contributed by atoms with van der Waals surface area (Å²) in [6.07, 6.45) is 1.58. The monoisotopic (exact) mass is 318 g/mol. The van der Waals surface area contributed by atoms with Gasteiger partial charge in [-0.05, 0) is 23.4 Å². The second-order valence-corrected chi connectivity index (χ2v) is 5.94. The third kappa shape index (κ3) is 2.41. The first kappa shape index (κ1) is 13.4. The van der Waals surface area contributed by atoms with Gasteiger partial charge < -0.3 is 5.32 Å². The molecule has 0 radical (unpaired) electrons. The van der Waals surface area contributed by atoms with Crippen molar-refractivity contribution in [2.45, 2.75) is 0 Å². The topological polar surface area (TPSA) is 90.3 Å². The summed E-state index contributed by atoms with van der Waals surface area (Å²) >= 11 is 1.75. The Morgan fingerprint density at radius 3 is 2.87 bits per heavy atom. The zero-order valence-corrected chi connectivity index (χ0v) is 12.6. The Balaban J connectivity index is 1.70. The highest BCUT2D eigenvalue weighted by atomic mass is 32.1. The first-order chi connectivity index (χ1) is 11.3. The highest BCUT2D eigenvalue weighted by Crippen LogP contribution is 2.35. The summed E-state index contributed by atoms with van der Waals surface area (Å²) in [4.78, 5) is 0. The van der Waals surface area contributed by atoms with Crippen molar-refractivity contribution in [2.24, 2.45) is 0 Å². The summed E-state index contributed by atoms with van der Waals surface area (Å²) in [5.41, 5.74) is 1.22. The smallest absolute Gasteiger partial charge is 0.216 e. The number of hydrogen-bond acceptors (Lipinski definition) is 6. The molecule has 2 N–H and O–H groups in total. The van der Waals surface area contributed by atoms with Gasteiger partial charge in [-0.2, -0.15) is 10.5 Å². The molecule has 0 unspecified atom stereocenters. The van der Waals surface area contributed by atoms with E-state index in [9.17, 15) is 0 Å². The highest BCUT2D eigenvalue weighted by molar-refractivity contribution is 7.25. The third-order valence-electron chi connectivity index (χ3n) is 3.47. The van der Waals surface area contributed by atoms with Gasteiger partial charge >= 0.3 is 0 Å². The molecule has 2 aromatic carbocycles. The van der Waals surface area contributed by atoms with E-state index in [4.69, 9.17) is 5.26 Å². The predicted molar refractivity (Wildman–Crippen MR) is 90.7 cm³/mol. The minimum Gasteiger partial charge on any atom is -0.360 e. The predicted octanol–water partition coefficient (Wildman–Crippen LogP) is 3.54. The summed E-state index contributed by atoms with van der Waals surface area (Å²) in [7, 11) is 0. The number of anilines is 1. The molecule has 0 amide bonds. The van der Waals surface area contributed by atoms with Crippen LogP contribution >= 0.6 is 11.3 Å². The molecule has 0 bridgehead atoms. The third-order valence-corrected chi connectivity index (χ3v) is 4.60. The Labute approximate surface area is 135 Å². The average Bonchev–Trinajstić information content (AvgIpc) is 3.22. The number of fused-ring (bicyclic) bond motifs is 3.